The van der Waals surface area contributed by atoms with Gasteiger partial charge in [0.2, 0.25) is 0 Å². The minimum Gasteiger partial charge on any atom is -0.478 e. The molecule has 3 aromatic carbocycles. The number of carboxylic acids is 2. The van der Waals surface area contributed by atoms with Gasteiger partial charge in [-0.2, -0.15) is 13.2 Å². The van der Waals surface area contributed by atoms with Crippen LogP contribution in [0.1, 0.15) is 32.6 Å². The van der Waals surface area contributed by atoms with Gasteiger partial charge >= 0.3 is 18.1 Å². The predicted octanol–water partition coefficient (Wildman–Crippen LogP) is 5.38. The number of aliphatic carboxylic acids is 1. The lowest BCUT2D eigenvalue weighted by molar-refractivity contribution is -0.192. The van der Waals surface area contributed by atoms with Crippen molar-refractivity contribution in [1.82, 2.24) is 0 Å². The molecular formula is C29H32F3N3O6S. The van der Waals surface area contributed by atoms with Crippen molar-refractivity contribution in [2.45, 2.75) is 38.8 Å². The Labute approximate surface area is 242 Å². The van der Waals surface area contributed by atoms with Gasteiger partial charge in [0.25, 0.3) is 10.0 Å². The first-order valence-electron chi connectivity index (χ1n) is 12.8. The zero-order chi connectivity index (χ0) is 31.4. The van der Waals surface area contributed by atoms with Crippen LogP contribution in [0.15, 0.2) is 59.5 Å². The van der Waals surface area contributed by atoms with Crippen LogP contribution in [0.3, 0.4) is 0 Å². The summed E-state index contributed by atoms with van der Waals surface area (Å²) in [5.41, 5.74) is 5.90. The van der Waals surface area contributed by atoms with Crippen LogP contribution in [0.25, 0.3) is 0 Å². The Morgan fingerprint density at radius 3 is 2.00 bits per heavy atom. The van der Waals surface area contributed by atoms with E-state index in [1.807, 2.05) is 13.0 Å². The van der Waals surface area contributed by atoms with Gasteiger partial charge < -0.3 is 20.0 Å². The monoisotopic (exact) mass is 607 g/mol. The molecule has 3 N–H and O–H groups in total. The molecule has 4 rings (SSSR count). The molecule has 1 saturated heterocycles. The van der Waals surface area contributed by atoms with E-state index in [2.05, 4.69) is 46.6 Å². The summed E-state index contributed by atoms with van der Waals surface area (Å²) in [7, 11) is -3.94. The van der Waals surface area contributed by atoms with Crippen molar-refractivity contribution in [3.8, 4) is 0 Å². The fourth-order valence-electron chi connectivity index (χ4n) is 4.48. The summed E-state index contributed by atoms with van der Waals surface area (Å²) >= 11 is 0. The molecule has 3 aromatic rings. The lowest BCUT2D eigenvalue weighted by atomic mass is 10.1. The Morgan fingerprint density at radius 1 is 0.833 bits per heavy atom. The molecule has 226 valence electrons. The average molecular weight is 608 g/mol. The van der Waals surface area contributed by atoms with E-state index in [-0.39, 0.29) is 16.1 Å². The summed E-state index contributed by atoms with van der Waals surface area (Å²) in [6.07, 6.45) is -5.08. The number of rotatable bonds is 6. The van der Waals surface area contributed by atoms with E-state index >= 15 is 0 Å². The smallest absolute Gasteiger partial charge is 0.478 e. The molecule has 13 heteroatoms. The molecule has 0 atom stereocenters. The first-order chi connectivity index (χ1) is 19.5. The number of alkyl halides is 3. The van der Waals surface area contributed by atoms with E-state index < -0.39 is 28.1 Å². The molecular weight excluding hydrogens is 575 g/mol. The third kappa shape index (κ3) is 7.72. The van der Waals surface area contributed by atoms with Gasteiger partial charge in [-0.25, -0.2) is 18.0 Å². The second kappa shape index (κ2) is 12.7. The zero-order valence-electron chi connectivity index (χ0n) is 23.5. The Hall–Kier alpha value is -4.26. The molecule has 1 aliphatic heterocycles. The van der Waals surface area contributed by atoms with Crippen molar-refractivity contribution in [2.75, 3.05) is 40.7 Å². The van der Waals surface area contributed by atoms with E-state index in [9.17, 15) is 31.5 Å². The highest BCUT2D eigenvalue weighted by molar-refractivity contribution is 7.92. The number of aryl methyl sites for hydroxylation is 3. The number of benzene rings is 3. The molecule has 0 unspecified atom stereocenters. The van der Waals surface area contributed by atoms with Crippen molar-refractivity contribution in [3.63, 3.8) is 0 Å². The molecule has 0 saturated carbocycles. The Bertz CT molecular complexity index is 1580. The molecule has 0 radical (unpaired) electrons. The molecule has 42 heavy (non-hydrogen) atoms. The minimum atomic E-state index is -5.08. The van der Waals surface area contributed by atoms with Crippen LogP contribution in [-0.2, 0) is 14.8 Å². The third-order valence-electron chi connectivity index (χ3n) is 6.92. The van der Waals surface area contributed by atoms with E-state index in [0.717, 1.165) is 37.4 Å². The van der Waals surface area contributed by atoms with Crippen LogP contribution in [0.2, 0.25) is 0 Å². The fourth-order valence-corrected chi connectivity index (χ4v) is 5.89. The Morgan fingerprint density at radius 2 is 1.43 bits per heavy atom. The summed E-state index contributed by atoms with van der Waals surface area (Å²) in [4.78, 5) is 25.6. The molecule has 1 fully saturated rings. The summed E-state index contributed by atoms with van der Waals surface area (Å²) in [6.45, 7) is 10.9. The summed E-state index contributed by atoms with van der Waals surface area (Å²) in [6, 6.07) is 16.4. The second-order valence-electron chi connectivity index (χ2n) is 9.91. The van der Waals surface area contributed by atoms with Crippen LogP contribution in [0, 0.1) is 27.7 Å². The van der Waals surface area contributed by atoms with E-state index in [4.69, 9.17) is 9.90 Å². The second-order valence-corrected chi connectivity index (χ2v) is 11.6. The number of carbonyl (C=O) groups is 2. The Balaban J connectivity index is 0.000000616. The van der Waals surface area contributed by atoms with Crippen LogP contribution in [-0.4, -0.2) is 62.9 Å². The number of hydrogen-bond donors (Lipinski definition) is 3. The van der Waals surface area contributed by atoms with Crippen molar-refractivity contribution in [3.05, 3.63) is 82.4 Å². The van der Waals surface area contributed by atoms with Gasteiger partial charge in [0, 0.05) is 37.6 Å². The van der Waals surface area contributed by atoms with Gasteiger partial charge in [0.05, 0.1) is 16.1 Å². The zero-order valence-corrected chi connectivity index (χ0v) is 24.3. The predicted molar refractivity (Wildman–Crippen MR) is 154 cm³/mol. The highest BCUT2D eigenvalue weighted by Gasteiger charge is 2.38. The van der Waals surface area contributed by atoms with Crippen molar-refractivity contribution >= 4 is 39.0 Å². The highest BCUT2D eigenvalue weighted by Crippen LogP contribution is 2.29. The van der Waals surface area contributed by atoms with Gasteiger partial charge in [-0.1, -0.05) is 24.3 Å². The molecule has 0 bridgehead atoms. The van der Waals surface area contributed by atoms with Crippen LogP contribution < -0.4 is 14.5 Å². The molecule has 9 nitrogen and oxygen atoms in total. The molecule has 0 spiro atoms. The number of sulfonamides is 1. The van der Waals surface area contributed by atoms with Crippen molar-refractivity contribution < 1.29 is 41.4 Å². The fraction of sp³-hybridized carbons (Fsp3) is 0.310. The van der Waals surface area contributed by atoms with Gasteiger partial charge in [0.1, 0.15) is 0 Å². The highest BCUT2D eigenvalue weighted by atomic mass is 32.2. The van der Waals surface area contributed by atoms with Crippen molar-refractivity contribution in [2.24, 2.45) is 0 Å². The number of nitrogens with zero attached hydrogens (tertiary/aromatic N) is 2. The third-order valence-corrected chi connectivity index (χ3v) is 8.42. The maximum Gasteiger partial charge on any atom is 0.490 e. The first kappa shape index (κ1) is 32.3. The van der Waals surface area contributed by atoms with Gasteiger partial charge in [-0.3, -0.25) is 4.72 Å². The molecule has 0 amide bonds. The number of hydrogen-bond acceptors (Lipinski definition) is 6. The molecule has 0 aromatic heterocycles. The SMILES string of the molecule is Cc1ccc(C)c(S(=O)(=O)Nc2ccc(N3CCN(c4cccc(C)c4C)CC3)cc2C(=O)O)c1.O=C(O)C(F)(F)F. The van der Waals surface area contributed by atoms with Gasteiger partial charge in [-0.15, -0.1) is 0 Å². The lowest BCUT2D eigenvalue weighted by Gasteiger charge is -2.38. The van der Waals surface area contributed by atoms with Crippen LogP contribution in [0.5, 0.6) is 0 Å². The van der Waals surface area contributed by atoms with E-state index in [1.54, 1.807) is 37.3 Å². The van der Waals surface area contributed by atoms with Crippen LogP contribution in [0.4, 0.5) is 30.2 Å². The van der Waals surface area contributed by atoms with Gasteiger partial charge in [-0.05, 0) is 80.3 Å². The Kier molecular flexibility index (Phi) is 9.77. The minimum absolute atomic E-state index is 0.0520. The maximum atomic E-state index is 13.0. The number of halogens is 3. The quantitative estimate of drug-likeness (QED) is 0.341. The standard InChI is InChI=1S/C27H31N3O4S.C2HF3O2/c1-18-8-9-20(3)26(16-18)35(33,34)28-24-11-10-22(17-23(24)27(31)32)29-12-14-30(15-13-29)25-7-5-6-19(2)21(25)4;3-2(4,5)1(6)7/h5-11,16-17,28H,12-15H2,1-4H3,(H,31,32);(H,6,7). The molecule has 1 aliphatic rings. The first-order valence-corrected chi connectivity index (χ1v) is 14.3. The van der Waals surface area contributed by atoms with Crippen molar-refractivity contribution in [1.29, 1.82) is 0 Å². The maximum absolute atomic E-state index is 13.0. The van der Waals surface area contributed by atoms with Crippen LogP contribution >= 0.6 is 0 Å². The summed E-state index contributed by atoms with van der Waals surface area (Å²) < 4.78 is 60.3. The topological polar surface area (TPSA) is 127 Å². The number of piperazine rings is 1. The summed E-state index contributed by atoms with van der Waals surface area (Å²) in [5.74, 6) is -3.94. The average Bonchev–Trinajstić information content (AvgIpc) is 2.91. The number of carboxylic acid groups (broad SMARTS) is 2. The summed E-state index contributed by atoms with van der Waals surface area (Å²) in [5, 5.41) is 17.0. The van der Waals surface area contributed by atoms with E-state index in [1.165, 1.54) is 16.8 Å². The normalized spacial score (nSPS) is 13.7. The number of aromatic carboxylic acids is 1. The number of anilines is 3. The molecule has 0 aliphatic carbocycles. The van der Waals surface area contributed by atoms with Gasteiger partial charge in [0.15, 0.2) is 0 Å². The lowest BCUT2D eigenvalue weighted by Crippen LogP contribution is -2.46. The largest absolute Gasteiger partial charge is 0.490 e. The molecule has 1 heterocycles. The number of nitrogens with one attached hydrogen (secondary N) is 1. The van der Waals surface area contributed by atoms with E-state index in [0.29, 0.717) is 5.56 Å².